The lowest BCUT2D eigenvalue weighted by atomic mass is 10.0. The predicted molar refractivity (Wildman–Crippen MR) is 130 cm³/mol. The van der Waals surface area contributed by atoms with Crippen LogP contribution in [0.2, 0.25) is 0 Å². The molecule has 0 N–H and O–H groups in total. The van der Waals surface area contributed by atoms with E-state index in [0.29, 0.717) is 37.2 Å². The fourth-order valence-corrected chi connectivity index (χ4v) is 5.70. The number of benzene rings is 2. The highest BCUT2D eigenvalue weighted by Gasteiger charge is 2.30. The van der Waals surface area contributed by atoms with Crippen LogP contribution in [0.5, 0.6) is 0 Å². The minimum atomic E-state index is -4.38. The normalized spacial score (nSPS) is 15.2. The van der Waals surface area contributed by atoms with Crippen LogP contribution in [0.3, 0.4) is 0 Å². The molecule has 0 aliphatic carbocycles. The molecule has 0 unspecified atom stereocenters. The average molecular weight is 548 g/mol. The van der Waals surface area contributed by atoms with Gasteiger partial charge < -0.3 is 9.26 Å². The van der Waals surface area contributed by atoms with Crippen LogP contribution in [0.15, 0.2) is 64.1 Å². The van der Waals surface area contributed by atoms with Crippen molar-refractivity contribution in [2.75, 3.05) is 26.3 Å². The first-order valence-corrected chi connectivity index (χ1v) is 13.3. The van der Waals surface area contributed by atoms with Gasteiger partial charge in [0.1, 0.15) is 0 Å². The zero-order chi connectivity index (χ0) is 26.9. The molecular weight excluding hydrogens is 523 g/mol. The lowest BCUT2D eigenvalue weighted by molar-refractivity contribution is -0.137. The summed E-state index contributed by atoms with van der Waals surface area (Å²) in [5.74, 6) is 0.425. The van der Waals surface area contributed by atoms with Crippen molar-refractivity contribution in [1.82, 2.24) is 24.2 Å². The molecule has 4 aromatic rings. The predicted octanol–water partition coefficient (Wildman–Crippen LogP) is 3.96. The van der Waals surface area contributed by atoms with Crippen LogP contribution in [-0.2, 0) is 40.8 Å². The summed E-state index contributed by atoms with van der Waals surface area (Å²) in [6, 6.07) is 11.4. The van der Waals surface area contributed by atoms with Gasteiger partial charge in [0.2, 0.25) is 15.8 Å². The van der Waals surface area contributed by atoms with E-state index in [2.05, 4.69) is 15.2 Å². The first-order valence-electron chi connectivity index (χ1n) is 11.8. The molecule has 38 heavy (non-hydrogen) atoms. The van der Waals surface area contributed by atoms with E-state index in [-0.39, 0.29) is 29.7 Å². The van der Waals surface area contributed by atoms with Gasteiger partial charge in [-0.05, 0) is 42.7 Å². The van der Waals surface area contributed by atoms with Gasteiger partial charge in [0, 0.05) is 25.7 Å². The highest BCUT2D eigenvalue weighted by Crippen LogP contribution is 2.30. The van der Waals surface area contributed by atoms with Crippen LogP contribution in [0.4, 0.5) is 13.2 Å². The Labute approximate surface area is 216 Å². The maximum atomic E-state index is 13.0. The molecule has 0 atom stereocenters. The number of ether oxygens (including phenoxy) is 1. The highest BCUT2D eigenvalue weighted by molar-refractivity contribution is 7.89. The van der Waals surface area contributed by atoms with E-state index < -0.39 is 21.8 Å². The first kappa shape index (κ1) is 26.1. The van der Waals surface area contributed by atoms with Gasteiger partial charge in [-0.2, -0.15) is 27.6 Å². The Bertz CT molecular complexity index is 1530. The fourth-order valence-electron chi connectivity index (χ4n) is 4.24. The Kier molecular flexibility index (Phi) is 7.07. The smallest absolute Gasteiger partial charge is 0.379 e. The number of aryl methyl sites for hydroxylation is 2. The van der Waals surface area contributed by atoms with Gasteiger partial charge in [-0.25, -0.2) is 8.42 Å². The third-order valence-corrected chi connectivity index (χ3v) is 8.24. The molecule has 0 radical (unpaired) electrons. The molecule has 5 rings (SSSR count). The molecule has 0 spiro atoms. The number of aromatic nitrogens is 4. The van der Waals surface area contributed by atoms with Crippen LogP contribution >= 0.6 is 0 Å². The van der Waals surface area contributed by atoms with Crippen LogP contribution in [0, 0.1) is 0 Å². The van der Waals surface area contributed by atoms with E-state index in [1.807, 2.05) is 0 Å². The number of morpholine rings is 1. The number of nitrogens with zero attached hydrogens (tertiary/aromatic N) is 5. The van der Waals surface area contributed by atoms with Gasteiger partial charge in [0.05, 0.1) is 41.1 Å². The highest BCUT2D eigenvalue weighted by atomic mass is 32.2. The van der Waals surface area contributed by atoms with Gasteiger partial charge >= 0.3 is 6.18 Å². The summed E-state index contributed by atoms with van der Waals surface area (Å²) in [6.07, 6.45) is -1.84. The van der Waals surface area contributed by atoms with Gasteiger partial charge in [-0.3, -0.25) is 4.68 Å². The Balaban J connectivity index is 1.35. The molecule has 1 fully saturated rings. The van der Waals surface area contributed by atoms with Crippen molar-refractivity contribution in [2.45, 2.75) is 23.9 Å². The van der Waals surface area contributed by atoms with Gasteiger partial charge in [-0.15, -0.1) is 0 Å². The SMILES string of the molecule is Cn1ncc(-c2nc(-c3cccc(S(=O)(=O)N4CCOCC4)c3)no2)c1CCc1ccc(C(F)(F)F)cc1. The topological polar surface area (TPSA) is 103 Å². The zero-order valence-electron chi connectivity index (χ0n) is 20.3. The number of halogens is 3. The van der Waals surface area contributed by atoms with Gasteiger partial charge in [0.25, 0.3) is 5.89 Å². The Morgan fingerprint density at radius 1 is 1.03 bits per heavy atom. The van der Waals surface area contributed by atoms with Crippen LogP contribution < -0.4 is 0 Å². The molecule has 200 valence electrons. The van der Waals surface area contributed by atoms with Gasteiger partial charge in [0.15, 0.2) is 0 Å². The number of sulfonamides is 1. The molecule has 0 bridgehead atoms. The van der Waals surface area contributed by atoms with Crippen molar-refractivity contribution < 1.29 is 30.8 Å². The van der Waals surface area contributed by atoms with Crippen molar-refractivity contribution in [3.63, 3.8) is 0 Å². The molecule has 1 aliphatic heterocycles. The summed E-state index contributed by atoms with van der Waals surface area (Å²) in [6.45, 7) is 1.27. The minimum Gasteiger partial charge on any atom is -0.379 e. The third-order valence-electron chi connectivity index (χ3n) is 6.35. The van der Waals surface area contributed by atoms with E-state index in [1.165, 1.54) is 28.6 Å². The molecule has 0 amide bonds. The second-order valence-electron chi connectivity index (χ2n) is 8.79. The lowest BCUT2D eigenvalue weighted by Crippen LogP contribution is -2.40. The summed E-state index contributed by atoms with van der Waals surface area (Å²) >= 11 is 0. The van der Waals surface area contributed by atoms with Crippen LogP contribution in [-0.4, -0.2) is 58.9 Å². The van der Waals surface area contributed by atoms with Crippen molar-refractivity contribution in [3.05, 3.63) is 71.5 Å². The molecule has 13 heteroatoms. The molecule has 3 heterocycles. The van der Waals surface area contributed by atoms with E-state index in [1.54, 1.807) is 30.1 Å². The molecule has 0 saturated carbocycles. The zero-order valence-corrected chi connectivity index (χ0v) is 21.2. The number of alkyl halides is 3. The second-order valence-corrected chi connectivity index (χ2v) is 10.7. The molecule has 2 aromatic heterocycles. The maximum Gasteiger partial charge on any atom is 0.416 e. The van der Waals surface area contributed by atoms with Crippen molar-refractivity contribution >= 4 is 10.0 Å². The van der Waals surface area contributed by atoms with Crippen molar-refractivity contribution in [1.29, 1.82) is 0 Å². The molecule has 9 nitrogen and oxygen atoms in total. The molecule has 1 aliphatic rings. The standard InChI is InChI=1S/C25H24F3N5O4S/c1-32-22(10-7-17-5-8-19(9-6-17)25(26,27)28)21(16-29-32)24-30-23(31-37-24)18-3-2-4-20(15-18)38(34,35)33-11-13-36-14-12-33/h2-6,8-9,15-16H,7,10-14H2,1H3. The van der Waals surface area contributed by atoms with Crippen LogP contribution in [0.1, 0.15) is 16.8 Å². The summed E-state index contributed by atoms with van der Waals surface area (Å²) in [7, 11) is -1.94. The van der Waals surface area contributed by atoms with Crippen molar-refractivity contribution in [3.8, 4) is 22.8 Å². The molecule has 2 aromatic carbocycles. The third kappa shape index (κ3) is 5.35. The Morgan fingerprint density at radius 3 is 2.47 bits per heavy atom. The minimum absolute atomic E-state index is 0.127. The molecule has 1 saturated heterocycles. The van der Waals surface area contributed by atoms with Gasteiger partial charge in [-0.1, -0.05) is 29.4 Å². The van der Waals surface area contributed by atoms with E-state index >= 15 is 0 Å². The summed E-state index contributed by atoms with van der Waals surface area (Å²) in [4.78, 5) is 4.60. The number of hydrogen-bond acceptors (Lipinski definition) is 7. The van der Waals surface area contributed by atoms with E-state index in [4.69, 9.17) is 9.26 Å². The monoisotopic (exact) mass is 547 g/mol. The van der Waals surface area contributed by atoms with E-state index in [9.17, 15) is 21.6 Å². The van der Waals surface area contributed by atoms with E-state index in [0.717, 1.165) is 23.4 Å². The largest absolute Gasteiger partial charge is 0.416 e. The summed E-state index contributed by atoms with van der Waals surface area (Å²) in [5, 5.41) is 8.32. The Hall–Kier alpha value is -3.55. The molecular formula is C25H24F3N5O4S. The lowest BCUT2D eigenvalue weighted by Gasteiger charge is -2.26. The Morgan fingerprint density at radius 2 is 1.76 bits per heavy atom. The summed E-state index contributed by atoms with van der Waals surface area (Å²) < 4.78 is 78.4. The maximum absolute atomic E-state index is 13.0. The number of hydrogen-bond donors (Lipinski definition) is 0. The van der Waals surface area contributed by atoms with Crippen molar-refractivity contribution in [2.24, 2.45) is 7.05 Å². The summed E-state index contributed by atoms with van der Waals surface area (Å²) in [5.41, 5.74) is 1.89. The van der Waals surface area contributed by atoms with Crippen LogP contribution in [0.25, 0.3) is 22.8 Å². The first-order chi connectivity index (χ1) is 18.1. The quantitative estimate of drug-likeness (QED) is 0.345. The fraction of sp³-hybridized carbons (Fsp3) is 0.320. The average Bonchev–Trinajstić information content (AvgIpc) is 3.54. The second kappa shape index (κ2) is 10.3. The number of rotatable bonds is 7.